The van der Waals surface area contributed by atoms with Gasteiger partial charge in [-0.3, -0.25) is 0 Å². The van der Waals surface area contributed by atoms with Crippen molar-refractivity contribution in [1.29, 1.82) is 0 Å². The predicted octanol–water partition coefficient (Wildman–Crippen LogP) is 4.22. The summed E-state index contributed by atoms with van der Waals surface area (Å²) in [4.78, 5) is 22.5. The fourth-order valence-electron chi connectivity index (χ4n) is 1.61. The SMILES string of the molecule is CCC(C)c1ccccc1OC(=O)N(C)SN(C)C(=O)F. The van der Waals surface area contributed by atoms with E-state index in [-0.39, 0.29) is 5.92 Å². The standard InChI is InChI=1S/C14H19FN2O3S/c1-5-10(2)11-8-6-7-9-12(11)20-14(19)17(4)21-16(3)13(15)18/h6-10H,5H2,1-4H3. The molecular weight excluding hydrogens is 295 g/mol. The summed E-state index contributed by atoms with van der Waals surface area (Å²) in [6.45, 7) is 4.09. The molecule has 7 heteroatoms. The molecule has 116 valence electrons. The third-order valence-corrected chi connectivity index (χ3v) is 3.79. The number of halogens is 1. The molecule has 21 heavy (non-hydrogen) atoms. The third kappa shape index (κ3) is 4.93. The molecule has 0 fully saturated rings. The van der Waals surface area contributed by atoms with Crippen LogP contribution in [-0.4, -0.2) is 35.0 Å². The van der Waals surface area contributed by atoms with Crippen LogP contribution in [0.15, 0.2) is 24.3 Å². The number of para-hydroxylation sites is 1. The Morgan fingerprint density at radius 2 is 1.90 bits per heavy atom. The van der Waals surface area contributed by atoms with Crippen LogP contribution in [0.25, 0.3) is 0 Å². The summed E-state index contributed by atoms with van der Waals surface area (Å²) in [7, 11) is 2.63. The number of carbonyl (C=O) groups is 2. The van der Waals surface area contributed by atoms with E-state index in [1.165, 1.54) is 14.1 Å². The number of hydrogen-bond acceptors (Lipinski definition) is 4. The van der Waals surface area contributed by atoms with Crippen LogP contribution in [0.4, 0.5) is 14.0 Å². The van der Waals surface area contributed by atoms with Crippen LogP contribution in [0.5, 0.6) is 5.75 Å². The lowest BCUT2D eigenvalue weighted by Gasteiger charge is -2.21. The quantitative estimate of drug-likeness (QED) is 0.464. The average molecular weight is 314 g/mol. The minimum Gasteiger partial charge on any atom is -0.409 e. The van der Waals surface area contributed by atoms with Crippen LogP contribution in [0.2, 0.25) is 0 Å². The summed E-state index contributed by atoms with van der Waals surface area (Å²) in [5.41, 5.74) is 0.932. The monoisotopic (exact) mass is 314 g/mol. The molecular formula is C14H19FN2O3S. The van der Waals surface area contributed by atoms with E-state index in [9.17, 15) is 14.0 Å². The summed E-state index contributed by atoms with van der Waals surface area (Å²) < 4.78 is 19.5. The number of amides is 2. The van der Waals surface area contributed by atoms with Crippen molar-refractivity contribution in [3.05, 3.63) is 29.8 Å². The van der Waals surface area contributed by atoms with Crippen LogP contribution in [0.1, 0.15) is 31.7 Å². The Bertz CT molecular complexity index is 513. The highest BCUT2D eigenvalue weighted by molar-refractivity contribution is 7.95. The molecule has 0 aromatic heterocycles. The van der Waals surface area contributed by atoms with Crippen LogP contribution >= 0.6 is 12.1 Å². The van der Waals surface area contributed by atoms with Crippen LogP contribution in [0, 0.1) is 0 Å². The molecule has 1 aromatic rings. The molecule has 0 radical (unpaired) electrons. The highest BCUT2D eigenvalue weighted by Crippen LogP contribution is 2.29. The summed E-state index contributed by atoms with van der Waals surface area (Å²) in [6.07, 6.45) is -1.40. The van der Waals surface area contributed by atoms with E-state index >= 15 is 0 Å². The molecule has 5 nitrogen and oxygen atoms in total. The maximum Gasteiger partial charge on any atom is 0.426 e. The number of hydrogen-bond donors (Lipinski definition) is 0. The van der Waals surface area contributed by atoms with Crippen molar-refractivity contribution in [3.8, 4) is 5.75 Å². The number of carbonyl (C=O) groups excluding carboxylic acids is 2. The smallest absolute Gasteiger partial charge is 0.409 e. The molecule has 0 aliphatic rings. The van der Waals surface area contributed by atoms with Gasteiger partial charge in [-0.05, 0) is 24.0 Å². The molecule has 1 atom stereocenters. The number of benzene rings is 1. The normalized spacial score (nSPS) is 11.7. The Hall–Kier alpha value is -1.76. The Morgan fingerprint density at radius 1 is 1.29 bits per heavy atom. The fraction of sp³-hybridized carbons (Fsp3) is 0.429. The molecule has 0 N–H and O–H groups in total. The molecule has 0 heterocycles. The van der Waals surface area contributed by atoms with E-state index < -0.39 is 12.3 Å². The fourth-order valence-corrected chi connectivity index (χ4v) is 2.14. The van der Waals surface area contributed by atoms with Crippen molar-refractivity contribution < 1.29 is 18.7 Å². The van der Waals surface area contributed by atoms with Gasteiger partial charge in [0.2, 0.25) is 0 Å². The van der Waals surface area contributed by atoms with E-state index in [0.29, 0.717) is 22.2 Å². The van der Waals surface area contributed by atoms with Crippen molar-refractivity contribution in [2.75, 3.05) is 14.1 Å². The second-order valence-corrected chi connectivity index (χ2v) is 5.80. The lowest BCUT2D eigenvalue weighted by molar-refractivity contribution is 0.185. The van der Waals surface area contributed by atoms with E-state index in [4.69, 9.17) is 4.74 Å². The minimum absolute atomic E-state index is 0.252. The summed E-state index contributed by atoms with van der Waals surface area (Å²) in [5, 5.41) is 0. The largest absolute Gasteiger partial charge is 0.426 e. The summed E-state index contributed by atoms with van der Waals surface area (Å²) in [5.74, 6) is 0.723. The van der Waals surface area contributed by atoms with Gasteiger partial charge >= 0.3 is 12.3 Å². The van der Waals surface area contributed by atoms with Gasteiger partial charge < -0.3 is 4.74 Å². The molecule has 0 aliphatic carbocycles. The second kappa shape index (κ2) is 7.87. The number of nitrogens with zero attached hydrogens (tertiary/aromatic N) is 2. The van der Waals surface area contributed by atoms with E-state index in [2.05, 4.69) is 0 Å². The predicted molar refractivity (Wildman–Crippen MR) is 80.8 cm³/mol. The van der Waals surface area contributed by atoms with Gasteiger partial charge in [0.15, 0.2) is 0 Å². The summed E-state index contributed by atoms with van der Waals surface area (Å²) in [6, 6.07) is 7.27. The van der Waals surface area contributed by atoms with Crippen LogP contribution in [-0.2, 0) is 0 Å². The van der Waals surface area contributed by atoms with Crippen molar-refractivity contribution in [3.63, 3.8) is 0 Å². The van der Waals surface area contributed by atoms with Crippen molar-refractivity contribution in [2.24, 2.45) is 0 Å². The summed E-state index contributed by atoms with van der Waals surface area (Å²) >= 11 is 0.623. The number of ether oxygens (including phenoxy) is 1. The minimum atomic E-state index is -1.64. The molecule has 1 rings (SSSR count). The highest BCUT2D eigenvalue weighted by atomic mass is 32.2. The van der Waals surface area contributed by atoms with Gasteiger partial charge in [-0.25, -0.2) is 18.2 Å². The van der Waals surface area contributed by atoms with Gasteiger partial charge in [0, 0.05) is 14.1 Å². The zero-order chi connectivity index (χ0) is 16.0. The second-order valence-electron chi connectivity index (χ2n) is 4.54. The zero-order valence-corrected chi connectivity index (χ0v) is 13.3. The maximum absolute atomic E-state index is 12.4. The van der Waals surface area contributed by atoms with E-state index in [1.807, 2.05) is 26.0 Å². The van der Waals surface area contributed by atoms with Crippen molar-refractivity contribution in [2.45, 2.75) is 26.2 Å². The first kappa shape index (κ1) is 17.3. The molecule has 0 bridgehead atoms. The lowest BCUT2D eigenvalue weighted by Crippen LogP contribution is -2.29. The molecule has 2 amide bonds. The Kier molecular flexibility index (Phi) is 6.48. The Balaban J connectivity index is 2.77. The maximum atomic E-state index is 12.4. The first-order valence-electron chi connectivity index (χ1n) is 6.52. The Labute approximate surface area is 128 Å². The van der Waals surface area contributed by atoms with Gasteiger partial charge in [0.25, 0.3) is 0 Å². The average Bonchev–Trinajstić information content (AvgIpc) is 2.46. The van der Waals surface area contributed by atoms with Crippen molar-refractivity contribution in [1.82, 2.24) is 8.61 Å². The van der Waals surface area contributed by atoms with E-state index in [0.717, 1.165) is 16.3 Å². The molecule has 0 saturated carbocycles. The lowest BCUT2D eigenvalue weighted by atomic mass is 9.98. The van der Waals surface area contributed by atoms with Crippen LogP contribution in [0.3, 0.4) is 0 Å². The zero-order valence-electron chi connectivity index (χ0n) is 12.5. The third-order valence-electron chi connectivity index (χ3n) is 3.01. The molecule has 1 unspecified atom stereocenters. The first-order chi connectivity index (χ1) is 9.86. The van der Waals surface area contributed by atoms with Gasteiger partial charge in [0.1, 0.15) is 5.75 Å². The number of rotatable bonds is 5. The molecule has 0 aliphatic heterocycles. The van der Waals surface area contributed by atoms with Gasteiger partial charge in [0.05, 0.1) is 12.1 Å². The van der Waals surface area contributed by atoms with E-state index in [1.54, 1.807) is 12.1 Å². The van der Waals surface area contributed by atoms with Crippen molar-refractivity contribution >= 4 is 24.4 Å². The topological polar surface area (TPSA) is 49.9 Å². The van der Waals surface area contributed by atoms with Gasteiger partial charge in [-0.1, -0.05) is 32.0 Å². The Morgan fingerprint density at radius 3 is 2.48 bits per heavy atom. The highest BCUT2D eigenvalue weighted by Gasteiger charge is 2.19. The first-order valence-corrected chi connectivity index (χ1v) is 7.25. The van der Waals surface area contributed by atoms with Crippen LogP contribution < -0.4 is 4.74 Å². The van der Waals surface area contributed by atoms with Gasteiger partial charge in [-0.2, -0.15) is 0 Å². The molecule has 0 saturated heterocycles. The molecule has 1 aromatic carbocycles. The molecule has 0 spiro atoms. The van der Waals surface area contributed by atoms with Gasteiger partial charge in [-0.15, -0.1) is 4.39 Å².